The standard InChI is InChI=1S/C34H64NO10P/c1-3-5-7-9-11-13-15-17-19-21-23-25-32(37)35-31(34(39)40)29-45-46(41,42)44-28-30(36)27-43-33(38)26-24-22-20-18-16-14-12-10-8-6-4-2/h10,12,30-31,36H,3-9,11,13-29H2,1-2H3,(H,35,37)(H,39,40)(H,41,42)/b12-10-. The van der Waals surface area contributed by atoms with Crippen molar-refractivity contribution >= 4 is 25.7 Å². The molecule has 0 fully saturated rings. The first kappa shape index (κ1) is 44.2. The third-order valence-electron chi connectivity index (χ3n) is 7.55. The lowest BCUT2D eigenvalue weighted by Crippen LogP contribution is -2.43. The molecular formula is C34H64NO10P. The van der Waals surface area contributed by atoms with Crippen LogP contribution in [0.3, 0.4) is 0 Å². The Hall–Kier alpha value is -1.78. The van der Waals surface area contributed by atoms with E-state index in [1.807, 2.05) is 0 Å². The first-order valence-electron chi connectivity index (χ1n) is 17.7. The van der Waals surface area contributed by atoms with Crippen molar-refractivity contribution in [2.24, 2.45) is 0 Å². The summed E-state index contributed by atoms with van der Waals surface area (Å²) in [7, 11) is -4.74. The Bertz CT molecular complexity index is 854. The maximum Gasteiger partial charge on any atom is 0.472 e. The maximum absolute atomic E-state index is 12.2. The molecule has 0 saturated heterocycles. The van der Waals surface area contributed by atoms with Crippen molar-refractivity contribution in [1.82, 2.24) is 5.32 Å². The summed E-state index contributed by atoms with van der Waals surface area (Å²) in [5, 5.41) is 21.6. The fraction of sp³-hybridized carbons (Fsp3) is 0.853. The summed E-state index contributed by atoms with van der Waals surface area (Å²) in [6, 6.07) is -1.54. The Kier molecular flexibility index (Phi) is 29.4. The summed E-state index contributed by atoms with van der Waals surface area (Å²) < 4.78 is 26.6. The van der Waals surface area contributed by atoms with Crippen molar-refractivity contribution in [1.29, 1.82) is 0 Å². The Labute approximate surface area is 277 Å². The number of unbranched alkanes of at least 4 members (excludes halogenated alkanes) is 17. The number of carbonyl (C=O) groups excluding carboxylic acids is 2. The highest BCUT2D eigenvalue weighted by Gasteiger charge is 2.28. The fourth-order valence-corrected chi connectivity index (χ4v) is 5.48. The number of hydrogen-bond acceptors (Lipinski definition) is 8. The zero-order chi connectivity index (χ0) is 34.3. The van der Waals surface area contributed by atoms with Gasteiger partial charge in [0.2, 0.25) is 5.91 Å². The van der Waals surface area contributed by atoms with Crippen molar-refractivity contribution in [3.05, 3.63) is 12.2 Å². The smallest absolute Gasteiger partial charge is 0.472 e. The lowest BCUT2D eigenvalue weighted by atomic mass is 10.1. The number of aliphatic carboxylic acids is 1. The van der Waals surface area contributed by atoms with E-state index in [2.05, 4.69) is 31.3 Å². The molecule has 3 atom stereocenters. The maximum atomic E-state index is 12.2. The number of nitrogens with one attached hydrogen (secondary N) is 1. The molecule has 3 unspecified atom stereocenters. The monoisotopic (exact) mass is 677 g/mol. The predicted octanol–water partition coefficient (Wildman–Crippen LogP) is 7.77. The van der Waals surface area contributed by atoms with E-state index in [1.54, 1.807) is 0 Å². The summed E-state index contributed by atoms with van der Waals surface area (Å²) in [6.45, 7) is 2.50. The van der Waals surface area contributed by atoms with E-state index in [9.17, 15) is 34.1 Å². The van der Waals surface area contributed by atoms with Gasteiger partial charge in [0.25, 0.3) is 0 Å². The van der Waals surface area contributed by atoms with Crippen LogP contribution in [0.1, 0.15) is 155 Å². The highest BCUT2D eigenvalue weighted by atomic mass is 31.2. The molecule has 11 nitrogen and oxygen atoms in total. The molecule has 0 aromatic heterocycles. The van der Waals surface area contributed by atoms with Crippen molar-refractivity contribution in [3.8, 4) is 0 Å². The van der Waals surface area contributed by atoms with Crippen LogP contribution in [0.2, 0.25) is 0 Å². The van der Waals surface area contributed by atoms with E-state index in [0.29, 0.717) is 12.8 Å². The highest BCUT2D eigenvalue weighted by molar-refractivity contribution is 7.47. The Morgan fingerprint density at radius 2 is 1.15 bits per heavy atom. The average molecular weight is 678 g/mol. The minimum Gasteiger partial charge on any atom is -0.480 e. The van der Waals surface area contributed by atoms with Gasteiger partial charge in [-0.25, -0.2) is 9.36 Å². The van der Waals surface area contributed by atoms with Crippen LogP contribution in [0.25, 0.3) is 0 Å². The van der Waals surface area contributed by atoms with Crippen LogP contribution >= 0.6 is 7.82 Å². The van der Waals surface area contributed by atoms with Gasteiger partial charge in [0.05, 0.1) is 13.2 Å². The van der Waals surface area contributed by atoms with Gasteiger partial charge in [-0.3, -0.25) is 18.6 Å². The number of ether oxygens (including phenoxy) is 1. The lowest BCUT2D eigenvalue weighted by Gasteiger charge is -2.18. The van der Waals surface area contributed by atoms with E-state index < -0.39 is 57.6 Å². The van der Waals surface area contributed by atoms with E-state index in [4.69, 9.17) is 13.8 Å². The van der Waals surface area contributed by atoms with E-state index in [1.165, 1.54) is 57.8 Å². The Morgan fingerprint density at radius 3 is 1.72 bits per heavy atom. The van der Waals surface area contributed by atoms with Gasteiger partial charge in [-0.15, -0.1) is 0 Å². The third kappa shape index (κ3) is 29.6. The van der Waals surface area contributed by atoms with Gasteiger partial charge < -0.3 is 25.2 Å². The topological polar surface area (TPSA) is 169 Å². The number of carbonyl (C=O) groups is 3. The molecule has 0 radical (unpaired) electrons. The van der Waals surface area contributed by atoms with E-state index in [0.717, 1.165) is 57.8 Å². The fourth-order valence-electron chi connectivity index (χ4n) is 4.71. The molecule has 46 heavy (non-hydrogen) atoms. The number of phosphoric acid groups is 1. The SMILES string of the molecule is CCCC/C=C\CCCCCCCC(=O)OCC(O)COP(=O)(O)OCC(NC(=O)CCCCCCCCCCCCC)C(=O)O. The first-order chi connectivity index (χ1) is 22.1. The second-order valence-corrected chi connectivity index (χ2v) is 13.5. The minimum absolute atomic E-state index is 0.149. The third-order valence-corrected chi connectivity index (χ3v) is 8.51. The summed E-state index contributed by atoms with van der Waals surface area (Å²) in [5.41, 5.74) is 0. The largest absolute Gasteiger partial charge is 0.480 e. The van der Waals surface area contributed by atoms with Crippen LogP contribution in [-0.4, -0.2) is 64.9 Å². The summed E-state index contributed by atoms with van der Waals surface area (Å²) in [6.07, 6.45) is 25.4. The molecule has 12 heteroatoms. The van der Waals surface area contributed by atoms with Gasteiger partial charge in [0.1, 0.15) is 12.7 Å². The zero-order valence-corrected chi connectivity index (χ0v) is 29.5. The first-order valence-corrected chi connectivity index (χ1v) is 19.2. The molecule has 1 amide bonds. The van der Waals surface area contributed by atoms with Gasteiger partial charge in [0, 0.05) is 12.8 Å². The highest BCUT2D eigenvalue weighted by Crippen LogP contribution is 2.43. The van der Waals surface area contributed by atoms with Gasteiger partial charge in [-0.1, -0.05) is 122 Å². The summed E-state index contributed by atoms with van der Waals surface area (Å²) in [5.74, 6) is -2.38. The van der Waals surface area contributed by atoms with Gasteiger partial charge in [0.15, 0.2) is 6.04 Å². The van der Waals surface area contributed by atoms with Crippen molar-refractivity contribution in [2.75, 3.05) is 19.8 Å². The minimum atomic E-state index is -4.74. The number of allylic oxidation sites excluding steroid dienone is 2. The molecule has 0 aromatic rings. The van der Waals surface area contributed by atoms with Crippen LogP contribution in [0.15, 0.2) is 12.2 Å². The Balaban J connectivity index is 4.01. The normalized spacial score (nSPS) is 14.2. The second-order valence-electron chi connectivity index (χ2n) is 12.1. The van der Waals surface area contributed by atoms with Gasteiger partial charge >= 0.3 is 19.8 Å². The number of aliphatic hydroxyl groups excluding tert-OH is 1. The summed E-state index contributed by atoms with van der Waals surface area (Å²) in [4.78, 5) is 45.5. The molecule has 0 heterocycles. The molecular weight excluding hydrogens is 613 g/mol. The molecule has 0 aliphatic carbocycles. The number of aliphatic hydroxyl groups is 1. The average Bonchev–Trinajstić information content (AvgIpc) is 3.02. The molecule has 0 aliphatic heterocycles. The lowest BCUT2D eigenvalue weighted by molar-refractivity contribution is -0.147. The van der Waals surface area contributed by atoms with Crippen LogP contribution in [-0.2, 0) is 32.7 Å². The van der Waals surface area contributed by atoms with Crippen LogP contribution in [0.5, 0.6) is 0 Å². The molecule has 0 rings (SSSR count). The second kappa shape index (κ2) is 30.5. The van der Waals surface area contributed by atoms with Crippen molar-refractivity contribution in [3.63, 3.8) is 0 Å². The molecule has 270 valence electrons. The molecule has 0 saturated carbocycles. The predicted molar refractivity (Wildman–Crippen MR) is 180 cm³/mol. The van der Waals surface area contributed by atoms with Crippen molar-refractivity contribution in [2.45, 2.75) is 167 Å². The Morgan fingerprint density at radius 1 is 0.674 bits per heavy atom. The summed E-state index contributed by atoms with van der Waals surface area (Å²) >= 11 is 0. The quantitative estimate of drug-likeness (QED) is 0.0233. The molecule has 4 N–H and O–H groups in total. The molecule has 0 aromatic carbocycles. The number of rotatable bonds is 33. The molecule has 0 spiro atoms. The number of carboxylic acids is 1. The van der Waals surface area contributed by atoms with Crippen LogP contribution in [0.4, 0.5) is 0 Å². The number of phosphoric ester groups is 1. The number of amides is 1. The number of hydrogen-bond donors (Lipinski definition) is 4. The van der Waals surface area contributed by atoms with Gasteiger partial charge in [-0.05, 0) is 32.1 Å². The van der Waals surface area contributed by atoms with Crippen LogP contribution < -0.4 is 5.32 Å². The van der Waals surface area contributed by atoms with E-state index in [-0.39, 0.29) is 12.8 Å². The number of carboxylic acid groups (broad SMARTS) is 1. The van der Waals surface area contributed by atoms with E-state index >= 15 is 0 Å². The zero-order valence-electron chi connectivity index (χ0n) is 28.6. The molecule has 0 bridgehead atoms. The van der Waals surface area contributed by atoms with Gasteiger partial charge in [-0.2, -0.15) is 0 Å². The van der Waals surface area contributed by atoms with Crippen molar-refractivity contribution < 1.29 is 47.8 Å². The van der Waals surface area contributed by atoms with Crippen LogP contribution in [0, 0.1) is 0 Å². The number of esters is 1. The molecule has 0 aliphatic rings.